The van der Waals surface area contributed by atoms with Crippen molar-refractivity contribution in [3.63, 3.8) is 0 Å². The highest BCUT2D eigenvalue weighted by molar-refractivity contribution is 5.86. The molecular weight excluding hydrogens is 344 g/mol. The molecule has 0 heterocycles. The van der Waals surface area contributed by atoms with E-state index in [1.54, 1.807) is 0 Å². The summed E-state index contributed by atoms with van der Waals surface area (Å²) in [5.41, 5.74) is 0.174. The van der Waals surface area contributed by atoms with Crippen LogP contribution in [0.25, 0.3) is 0 Å². The molecule has 0 aromatic heterocycles. The molecule has 164 valence electrons. The maximum Gasteiger partial charge on any atom is 0.141 e. The third kappa shape index (κ3) is 7.30. The molecule has 1 fully saturated rings. The van der Waals surface area contributed by atoms with Crippen LogP contribution in [0.1, 0.15) is 121 Å². The molecule has 2 atom stereocenters. The molecule has 0 radical (unpaired) electrons. The Morgan fingerprint density at radius 1 is 0.821 bits per heavy atom. The lowest BCUT2D eigenvalue weighted by Crippen LogP contribution is -2.39. The molecule has 0 amide bonds. The summed E-state index contributed by atoms with van der Waals surface area (Å²) in [6.45, 7) is 21.6. The third-order valence-electron chi connectivity index (χ3n) is 7.30. The van der Waals surface area contributed by atoms with E-state index >= 15 is 0 Å². The van der Waals surface area contributed by atoms with Crippen molar-refractivity contribution in [1.29, 1.82) is 0 Å². The van der Waals surface area contributed by atoms with Gasteiger partial charge in [0.25, 0.3) is 0 Å². The van der Waals surface area contributed by atoms with Crippen molar-refractivity contribution >= 4 is 11.6 Å². The number of ketones is 2. The van der Waals surface area contributed by atoms with Crippen molar-refractivity contribution in [1.82, 2.24) is 0 Å². The summed E-state index contributed by atoms with van der Waals surface area (Å²) in [6.07, 6.45) is 8.40. The van der Waals surface area contributed by atoms with Gasteiger partial charge in [0, 0.05) is 22.7 Å². The second kappa shape index (κ2) is 9.00. The summed E-state index contributed by atoms with van der Waals surface area (Å²) in [5.74, 6) is 1.15. The van der Waals surface area contributed by atoms with Gasteiger partial charge < -0.3 is 0 Å². The predicted molar refractivity (Wildman–Crippen MR) is 120 cm³/mol. The SMILES string of the molecule is C[C@H](CCC1(C)CCC(C)(C(=O)[C@@H](C)CCC(C)(C)C)CC1)C(=O)C(C)(C)C. The predicted octanol–water partition coefficient (Wildman–Crippen LogP) is 7.64. The van der Waals surface area contributed by atoms with E-state index in [0.717, 1.165) is 51.4 Å². The lowest BCUT2D eigenvalue weighted by molar-refractivity contribution is -0.135. The van der Waals surface area contributed by atoms with Gasteiger partial charge in [-0.25, -0.2) is 0 Å². The van der Waals surface area contributed by atoms with Crippen LogP contribution in [0.15, 0.2) is 0 Å². The van der Waals surface area contributed by atoms with Crippen LogP contribution in [0.4, 0.5) is 0 Å². The molecular formula is C26H48O2. The van der Waals surface area contributed by atoms with Crippen molar-refractivity contribution in [3.05, 3.63) is 0 Å². The molecule has 1 rings (SSSR count). The molecule has 0 aromatic rings. The van der Waals surface area contributed by atoms with Crippen LogP contribution in [-0.4, -0.2) is 11.6 Å². The first-order valence-electron chi connectivity index (χ1n) is 11.6. The van der Waals surface area contributed by atoms with E-state index in [-0.39, 0.29) is 28.1 Å². The molecule has 1 aliphatic rings. The van der Waals surface area contributed by atoms with Crippen molar-refractivity contribution in [3.8, 4) is 0 Å². The van der Waals surface area contributed by atoms with E-state index in [4.69, 9.17) is 0 Å². The van der Waals surface area contributed by atoms with E-state index in [1.807, 2.05) is 20.8 Å². The second-order valence-electron chi connectivity index (χ2n) is 12.8. The van der Waals surface area contributed by atoms with E-state index in [2.05, 4.69) is 48.5 Å². The van der Waals surface area contributed by atoms with Gasteiger partial charge in [-0.2, -0.15) is 0 Å². The molecule has 0 unspecified atom stereocenters. The van der Waals surface area contributed by atoms with Gasteiger partial charge in [-0.05, 0) is 62.2 Å². The molecule has 0 aliphatic heterocycles. The summed E-state index contributed by atoms with van der Waals surface area (Å²) in [5, 5.41) is 0. The summed E-state index contributed by atoms with van der Waals surface area (Å²) in [7, 11) is 0. The smallest absolute Gasteiger partial charge is 0.141 e. The third-order valence-corrected chi connectivity index (χ3v) is 7.30. The van der Waals surface area contributed by atoms with Crippen LogP contribution in [0.3, 0.4) is 0 Å². The second-order valence-corrected chi connectivity index (χ2v) is 12.8. The highest BCUT2D eigenvalue weighted by atomic mass is 16.1. The number of rotatable bonds is 8. The van der Waals surface area contributed by atoms with Crippen LogP contribution < -0.4 is 0 Å². The zero-order valence-electron chi connectivity index (χ0n) is 20.6. The minimum atomic E-state index is -0.249. The minimum absolute atomic E-state index is 0.129. The Hall–Kier alpha value is -0.660. The number of hydrogen-bond acceptors (Lipinski definition) is 2. The van der Waals surface area contributed by atoms with Crippen LogP contribution in [-0.2, 0) is 9.59 Å². The van der Waals surface area contributed by atoms with Gasteiger partial charge >= 0.3 is 0 Å². The van der Waals surface area contributed by atoms with Crippen molar-refractivity contribution in [2.24, 2.45) is 33.5 Å². The Balaban J connectivity index is 2.59. The van der Waals surface area contributed by atoms with E-state index in [0.29, 0.717) is 17.0 Å². The summed E-state index contributed by atoms with van der Waals surface area (Å²) in [6, 6.07) is 0. The highest BCUT2D eigenvalue weighted by Gasteiger charge is 2.43. The standard InChI is InChI=1S/C26H48O2/c1-19(21(27)24(6,7)8)12-14-25(9)15-17-26(10,18-16-25)22(28)20(2)11-13-23(3,4)5/h19-20H,11-18H2,1-10H3/t19-,20+,25?,26?/m1/s1. The fraction of sp³-hybridized carbons (Fsp3) is 0.923. The summed E-state index contributed by atoms with van der Waals surface area (Å²) >= 11 is 0. The maximum absolute atomic E-state index is 13.2. The van der Waals surface area contributed by atoms with Crippen molar-refractivity contribution in [2.45, 2.75) is 121 Å². The molecule has 28 heavy (non-hydrogen) atoms. The Labute approximate surface area is 175 Å². The average molecular weight is 393 g/mol. The van der Waals surface area contributed by atoms with Crippen molar-refractivity contribution < 1.29 is 9.59 Å². The molecule has 1 aliphatic carbocycles. The van der Waals surface area contributed by atoms with Gasteiger partial charge in [-0.3, -0.25) is 9.59 Å². The molecule has 2 nitrogen and oxygen atoms in total. The zero-order valence-corrected chi connectivity index (χ0v) is 20.6. The molecule has 0 saturated heterocycles. The Morgan fingerprint density at radius 3 is 1.75 bits per heavy atom. The number of hydrogen-bond donors (Lipinski definition) is 0. The fourth-order valence-corrected chi connectivity index (χ4v) is 4.71. The van der Waals surface area contributed by atoms with E-state index in [9.17, 15) is 9.59 Å². The largest absolute Gasteiger partial charge is 0.299 e. The quantitative estimate of drug-likeness (QED) is 0.425. The van der Waals surface area contributed by atoms with E-state index in [1.165, 1.54) is 0 Å². The number of carbonyl (C=O) groups excluding carboxylic acids is 2. The van der Waals surface area contributed by atoms with Gasteiger partial charge in [0.2, 0.25) is 0 Å². The zero-order chi connectivity index (χ0) is 22.0. The van der Waals surface area contributed by atoms with E-state index < -0.39 is 0 Å². The minimum Gasteiger partial charge on any atom is -0.299 e. The van der Waals surface area contributed by atoms with Gasteiger partial charge in [0.05, 0.1) is 0 Å². The van der Waals surface area contributed by atoms with Crippen LogP contribution >= 0.6 is 0 Å². The highest BCUT2D eigenvalue weighted by Crippen LogP contribution is 2.49. The lowest BCUT2D eigenvalue weighted by atomic mass is 9.60. The molecule has 0 spiro atoms. The first kappa shape index (κ1) is 25.4. The summed E-state index contributed by atoms with van der Waals surface area (Å²) < 4.78 is 0. The number of Topliss-reactive ketones (excluding diaryl/α,β-unsaturated/α-hetero) is 2. The Bertz CT molecular complexity index is 536. The van der Waals surface area contributed by atoms with Crippen LogP contribution in [0.2, 0.25) is 0 Å². The van der Waals surface area contributed by atoms with Crippen LogP contribution in [0, 0.1) is 33.5 Å². The average Bonchev–Trinajstić information content (AvgIpc) is 2.58. The van der Waals surface area contributed by atoms with Gasteiger partial charge in [0.15, 0.2) is 0 Å². The monoisotopic (exact) mass is 392 g/mol. The lowest BCUT2D eigenvalue weighted by Gasteiger charge is -2.44. The van der Waals surface area contributed by atoms with Crippen LogP contribution in [0.5, 0.6) is 0 Å². The maximum atomic E-state index is 13.2. The van der Waals surface area contributed by atoms with Gasteiger partial charge in [-0.15, -0.1) is 0 Å². The normalized spacial score (nSPS) is 28.6. The molecule has 2 heteroatoms. The molecule has 1 saturated carbocycles. The van der Waals surface area contributed by atoms with Gasteiger partial charge in [-0.1, -0.05) is 69.2 Å². The number of carbonyl (C=O) groups is 2. The fourth-order valence-electron chi connectivity index (χ4n) is 4.71. The first-order chi connectivity index (χ1) is 12.5. The molecule has 0 bridgehead atoms. The van der Waals surface area contributed by atoms with Crippen molar-refractivity contribution in [2.75, 3.05) is 0 Å². The molecule has 0 N–H and O–H groups in total. The first-order valence-corrected chi connectivity index (χ1v) is 11.6. The van der Waals surface area contributed by atoms with Gasteiger partial charge in [0.1, 0.15) is 11.6 Å². The summed E-state index contributed by atoms with van der Waals surface area (Å²) in [4.78, 5) is 25.7. The molecule has 0 aromatic carbocycles. The Kier molecular flexibility index (Phi) is 8.16. The topological polar surface area (TPSA) is 34.1 Å². The Morgan fingerprint density at radius 2 is 1.32 bits per heavy atom.